The van der Waals surface area contributed by atoms with E-state index in [2.05, 4.69) is 24.1 Å². The Morgan fingerprint density at radius 2 is 1.84 bits per heavy atom. The summed E-state index contributed by atoms with van der Waals surface area (Å²) in [6, 6.07) is 0.407. The van der Waals surface area contributed by atoms with Crippen molar-refractivity contribution in [3.63, 3.8) is 0 Å². The van der Waals surface area contributed by atoms with Crippen LogP contribution in [0.4, 0.5) is 0 Å². The van der Waals surface area contributed by atoms with E-state index in [1.165, 1.54) is 12.8 Å². The van der Waals surface area contributed by atoms with Gasteiger partial charge in [-0.05, 0) is 51.6 Å². The summed E-state index contributed by atoms with van der Waals surface area (Å²) in [5, 5.41) is 2.95. The number of hydrogen-bond donors (Lipinski definition) is 2. The van der Waals surface area contributed by atoms with Crippen molar-refractivity contribution < 1.29 is 4.79 Å². The molecule has 112 valence electrons. The van der Waals surface area contributed by atoms with Gasteiger partial charge in [-0.2, -0.15) is 0 Å². The van der Waals surface area contributed by atoms with Crippen LogP contribution in [0.1, 0.15) is 47.0 Å². The van der Waals surface area contributed by atoms with E-state index in [-0.39, 0.29) is 18.0 Å². The van der Waals surface area contributed by atoms with Crippen LogP contribution in [0.2, 0.25) is 0 Å². The summed E-state index contributed by atoms with van der Waals surface area (Å²) in [6.45, 7) is 11.3. The highest BCUT2D eigenvalue weighted by molar-refractivity contribution is 5.76. The highest BCUT2D eigenvalue weighted by Gasteiger charge is 2.27. The van der Waals surface area contributed by atoms with Crippen molar-refractivity contribution in [3.05, 3.63) is 0 Å². The minimum Gasteiger partial charge on any atom is -0.354 e. The van der Waals surface area contributed by atoms with Gasteiger partial charge in [-0.25, -0.2) is 0 Å². The highest BCUT2D eigenvalue weighted by atomic mass is 16.1. The molecule has 1 unspecified atom stereocenters. The van der Waals surface area contributed by atoms with Crippen LogP contribution in [-0.4, -0.2) is 42.5 Å². The van der Waals surface area contributed by atoms with Crippen LogP contribution in [0.25, 0.3) is 0 Å². The number of piperidine rings is 1. The second-order valence-electron chi connectivity index (χ2n) is 6.43. The van der Waals surface area contributed by atoms with Crippen LogP contribution in [0.15, 0.2) is 0 Å². The number of nitrogens with one attached hydrogen (secondary N) is 1. The predicted molar refractivity (Wildman–Crippen MR) is 79.9 cm³/mol. The van der Waals surface area contributed by atoms with Gasteiger partial charge in [0.25, 0.3) is 0 Å². The molecule has 0 aliphatic carbocycles. The number of nitrogens with two attached hydrogens (primary N) is 1. The lowest BCUT2D eigenvalue weighted by Gasteiger charge is -2.38. The first-order chi connectivity index (χ1) is 8.93. The molecule has 1 fully saturated rings. The molecule has 1 saturated heterocycles. The topological polar surface area (TPSA) is 58.4 Å². The normalized spacial score (nSPS) is 19.9. The summed E-state index contributed by atoms with van der Waals surface area (Å²) in [7, 11) is 0. The van der Waals surface area contributed by atoms with E-state index < -0.39 is 0 Å². The predicted octanol–water partition coefficient (Wildman–Crippen LogP) is 1.60. The maximum atomic E-state index is 11.8. The van der Waals surface area contributed by atoms with E-state index in [9.17, 15) is 4.79 Å². The minimum absolute atomic E-state index is 0.122. The molecule has 0 aromatic heterocycles. The quantitative estimate of drug-likeness (QED) is 0.770. The van der Waals surface area contributed by atoms with Gasteiger partial charge in [0.1, 0.15) is 0 Å². The first kappa shape index (κ1) is 16.4. The summed E-state index contributed by atoms with van der Waals surface area (Å²) >= 11 is 0. The lowest BCUT2D eigenvalue weighted by molar-refractivity contribution is -0.122. The van der Waals surface area contributed by atoms with Crippen LogP contribution < -0.4 is 11.1 Å². The molecule has 1 rings (SSSR count). The molecule has 0 radical (unpaired) electrons. The molecule has 1 aliphatic rings. The molecule has 0 aromatic rings. The van der Waals surface area contributed by atoms with Crippen molar-refractivity contribution in [1.82, 2.24) is 10.2 Å². The Balaban J connectivity index is 2.42. The number of hydrogen-bond acceptors (Lipinski definition) is 3. The fourth-order valence-corrected chi connectivity index (χ4v) is 2.91. The van der Waals surface area contributed by atoms with E-state index in [1.807, 2.05) is 13.8 Å². The van der Waals surface area contributed by atoms with Crippen LogP contribution >= 0.6 is 0 Å². The SMILES string of the molecule is CC(C)NC(=O)CC(CN)N1CCC(C(C)C)CC1. The number of amides is 1. The summed E-state index contributed by atoms with van der Waals surface area (Å²) in [5.41, 5.74) is 5.86. The molecule has 19 heavy (non-hydrogen) atoms. The Kier molecular flexibility index (Phi) is 6.80. The van der Waals surface area contributed by atoms with Crippen LogP contribution in [-0.2, 0) is 4.79 Å². The molecule has 0 spiro atoms. The molecule has 3 N–H and O–H groups in total. The second kappa shape index (κ2) is 7.85. The summed E-state index contributed by atoms with van der Waals surface area (Å²) in [5.74, 6) is 1.72. The lowest BCUT2D eigenvalue weighted by atomic mass is 9.86. The smallest absolute Gasteiger partial charge is 0.221 e. The third kappa shape index (κ3) is 5.49. The van der Waals surface area contributed by atoms with E-state index >= 15 is 0 Å². The third-order valence-electron chi connectivity index (χ3n) is 4.18. The minimum atomic E-state index is 0.122. The van der Waals surface area contributed by atoms with E-state index in [0.717, 1.165) is 24.9 Å². The zero-order chi connectivity index (χ0) is 14.4. The van der Waals surface area contributed by atoms with Crippen molar-refractivity contribution in [3.8, 4) is 0 Å². The fourth-order valence-electron chi connectivity index (χ4n) is 2.91. The molecular weight excluding hydrogens is 238 g/mol. The summed E-state index contributed by atoms with van der Waals surface area (Å²) in [4.78, 5) is 14.2. The third-order valence-corrected chi connectivity index (χ3v) is 4.18. The molecule has 4 heteroatoms. The molecule has 1 aliphatic heterocycles. The maximum absolute atomic E-state index is 11.8. The van der Waals surface area contributed by atoms with E-state index in [4.69, 9.17) is 5.73 Å². The molecule has 0 aromatic carbocycles. The monoisotopic (exact) mass is 269 g/mol. The average molecular weight is 269 g/mol. The van der Waals surface area contributed by atoms with E-state index in [0.29, 0.717) is 13.0 Å². The molecule has 0 saturated carbocycles. The van der Waals surface area contributed by atoms with E-state index in [1.54, 1.807) is 0 Å². The van der Waals surface area contributed by atoms with Crippen LogP contribution in [0.5, 0.6) is 0 Å². The van der Waals surface area contributed by atoms with Crippen molar-refractivity contribution in [2.24, 2.45) is 17.6 Å². The highest BCUT2D eigenvalue weighted by Crippen LogP contribution is 2.25. The number of carbonyl (C=O) groups excluding carboxylic acids is 1. The molecule has 1 amide bonds. The first-order valence-electron chi connectivity index (χ1n) is 7.67. The number of likely N-dealkylation sites (tertiary alicyclic amines) is 1. The zero-order valence-electron chi connectivity index (χ0n) is 13.0. The molecule has 0 bridgehead atoms. The number of nitrogens with zero attached hydrogens (tertiary/aromatic N) is 1. The van der Waals surface area contributed by atoms with Gasteiger partial charge < -0.3 is 11.1 Å². The Labute approximate surface area is 118 Å². The molecule has 1 heterocycles. The number of rotatable bonds is 6. The van der Waals surface area contributed by atoms with Crippen molar-refractivity contribution >= 4 is 5.91 Å². The molecular formula is C15H31N3O. The first-order valence-corrected chi connectivity index (χ1v) is 7.67. The van der Waals surface area contributed by atoms with Crippen LogP contribution in [0.3, 0.4) is 0 Å². The Morgan fingerprint density at radius 1 is 1.26 bits per heavy atom. The van der Waals surface area contributed by atoms with Gasteiger partial charge in [0.2, 0.25) is 5.91 Å². The van der Waals surface area contributed by atoms with Gasteiger partial charge >= 0.3 is 0 Å². The standard InChI is InChI=1S/C15H31N3O/c1-11(2)13-5-7-18(8-6-13)14(10-16)9-15(19)17-12(3)4/h11-14H,5-10,16H2,1-4H3,(H,17,19). The average Bonchev–Trinajstić information content (AvgIpc) is 2.35. The Hall–Kier alpha value is -0.610. The van der Waals surface area contributed by atoms with Gasteiger partial charge in [0, 0.05) is 25.0 Å². The van der Waals surface area contributed by atoms with Crippen molar-refractivity contribution in [2.45, 2.75) is 59.0 Å². The molecule has 1 atom stereocenters. The van der Waals surface area contributed by atoms with Crippen LogP contribution in [0, 0.1) is 11.8 Å². The van der Waals surface area contributed by atoms with Gasteiger partial charge in [0.05, 0.1) is 0 Å². The summed E-state index contributed by atoms with van der Waals surface area (Å²) in [6.07, 6.45) is 3.00. The summed E-state index contributed by atoms with van der Waals surface area (Å²) < 4.78 is 0. The second-order valence-corrected chi connectivity index (χ2v) is 6.43. The van der Waals surface area contributed by atoms with Gasteiger partial charge in [-0.1, -0.05) is 13.8 Å². The lowest BCUT2D eigenvalue weighted by Crippen LogP contribution is -2.48. The van der Waals surface area contributed by atoms with Crippen molar-refractivity contribution in [2.75, 3.05) is 19.6 Å². The van der Waals surface area contributed by atoms with Crippen molar-refractivity contribution in [1.29, 1.82) is 0 Å². The largest absolute Gasteiger partial charge is 0.354 e. The fraction of sp³-hybridized carbons (Fsp3) is 0.933. The van der Waals surface area contributed by atoms with Gasteiger partial charge in [0.15, 0.2) is 0 Å². The molecule has 4 nitrogen and oxygen atoms in total. The van der Waals surface area contributed by atoms with Gasteiger partial charge in [-0.15, -0.1) is 0 Å². The van der Waals surface area contributed by atoms with Gasteiger partial charge in [-0.3, -0.25) is 9.69 Å². The zero-order valence-corrected chi connectivity index (χ0v) is 13.0. The number of carbonyl (C=O) groups is 1. The Morgan fingerprint density at radius 3 is 2.26 bits per heavy atom. The maximum Gasteiger partial charge on any atom is 0.221 e. The Bertz CT molecular complexity index is 271.